The van der Waals surface area contributed by atoms with Crippen molar-refractivity contribution in [2.45, 2.75) is 33.2 Å². The maximum Gasteiger partial charge on any atom is 0.303 e. The fraction of sp³-hybridized carbons (Fsp3) is 0.300. The number of carboxylic acid groups (broad SMARTS) is 1. The molecule has 0 atom stereocenters. The van der Waals surface area contributed by atoms with Gasteiger partial charge in [-0.25, -0.2) is 4.98 Å². The average molecular weight is 399 g/mol. The molecule has 0 fully saturated rings. The largest absolute Gasteiger partial charge is 0.481 e. The molecule has 28 heavy (non-hydrogen) atoms. The summed E-state index contributed by atoms with van der Waals surface area (Å²) in [6.07, 6.45) is 1.59. The van der Waals surface area contributed by atoms with Gasteiger partial charge < -0.3 is 10.0 Å². The molecule has 0 unspecified atom stereocenters. The molecule has 0 radical (unpaired) electrons. The van der Waals surface area contributed by atoms with Gasteiger partial charge in [-0.15, -0.1) is 11.3 Å². The van der Waals surface area contributed by atoms with E-state index >= 15 is 0 Å². The number of aliphatic carboxylic acids is 1. The lowest BCUT2D eigenvalue weighted by Crippen LogP contribution is -2.36. The van der Waals surface area contributed by atoms with Gasteiger partial charge in [0.05, 0.1) is 0 Å². The highest BCUT2D eigenvalue weighted by Crippen LogP contribution is 2.19. The summed E-state index contributed by atoms with van der Waals surface area (Å²) in [5.74, 6) is -1.36. The van der Waals surface area contributed by atoms with E-state index in [1.165, 1.54) is 26.8 Å². The molecule has 0 bridgehead atoms. The zero-order valence-corrected chi connectivity index (χ0v) is 16.5. The van der Waals surface area contributed by atoms with Gasteiger partial charge in [-0.1, -0.05) is 30.3 Å². The first-order valence-corrected chi connectivity index (χ1v) is 9.73. The molecule has 146 valence electrons. The molecule has 3 rings (SSSR count). The number of fused-ring (bicyclic) bond motifs is 1. The number of amides is 1. The van der Waals surface area contributed by atoms with Gasteiger partial charge in [0.2, 0.25) is 0 Å². The SMILES string of the molecule is Cc1sc2ncc(C(=O)N(CCCC(=O)O)Cc3ccccc3)c(=O)n2c1C. The van der Waals surface area contributed by atoms with Crippen LogP contribution in [0.3, 0.4) is 0 Å². The summed E-state index contributed by atoms with van der Waals surface area (Å²) in [6.45, 7) is 4.26. The van der Waals surface area contributed by atoms with E-state index in [9.17, 15) is 14.4 Å². The maximum absolute atomic E-state index is 13.1. The Hall–Kier alpha value is -3.00. The quantitative estimate of drug-likeness (QED) is 0.660. The number of rotatable bonds is 7. The van der Waals surface area contributed by atoms with Gasteiger partial charge in [0.25, 0.3) is 11.5 Å². The number of carbonyl (C=O) groups excluding carboxylic acids is 1. The Morgan fingerprint density at radius 3 is 2.61 bits per heavy atom. The molecule has 0 saturated carbocycles. The highest BCUT2D eigenvalue weighted by molar-refractivity contribution is 7.17. The molecule has 1 N–H and O–H groups in total. The molecular formula is C20H21N3O4S. The Morgan fingerprint density at radius 1 is 1.21 bits per heavy atom. The minimum atomic E-state index is -0.917. The Labute approximate surface area is 165 Å². The molecule has 0 aliphatic heterocycles. The Morgan fingerprint density at radius 2 is 1.93 bits per heavy atom. The number of nitrogens with zero attached hydrogens (tertiary/aromatic N) is 3. The lowest BCUT2D eigenvalue weighted by atomic mass is 10.1. The van der Waals surface area contributed by atoms with Gasteiger partial charge in [-0.05, 0) is 25.8 Å². The molecule has 0 spiro atoms. The van der Waals surface area contributed by atoms with Crippen LogP contribution in [0.4, 0.5) is 0 Å². The van der Waals surface area contributed by atoms with Crippen LogP contribution in [0, 0.1) is 13.8 Å². The van der Waals surface area contributed by atoms with Crippen LogP contribution in [-0.4, -0.2) is 37.8 Å². The summed E-state index contributed by atoms with van der Waals surface area (Å²) in [7, 11) is 0. The summed E-state index contributed by atoms with van der Waals surface area (Å²) in [6, 6.07) is 9.40. The van der Waals surface area contributed by atoms with E-state index < -0.39 is 17.4 Å². The molecule has 1 amide bonds. The van der Waals surface area contributed by atoms with Crippen LogP contribution in [0.1, 0.15) is 39.3 Å². The van der Waals surface area contributed by atoms with Crippen molar-refractivity contribution in [3.05, 3.63) is 68.6 Å². The highest BCUT2D eigenvalue weighted by atomic mass is 32.1. The Balaban J connectivity index is 1.94. The molecule has 1 aromatic carbocycles. The number of benzene rings is 1. The fourth-order valence-electron chi connectivity index (χ4n) is 2.97. The smallest absolute Gasteiger partial charge is 0.303 e. The van der Waals surface area contributed by atoms with E-state index in [4.69, 9.17) is 5.11 Å². The van der Waals surface area contributed by atoms with Crippen LogP contribution in [0.15, 0.2) is 41.3 Å². The monoisotopic (exact) mass is 399 g/mol. The first-order valence-electron chi connectivity index (χ1n) is 8.91. The van der Waals surface area contributed by atoms with Crippen molar-refractivity contribution in [2.24, 2.45) is 0 Å². The van der Waals surface area contributed by atoms with Crippen LogP contribution < -0.4 is 5.56 Å². The van der Waals surface area contributed by atoms with E-state index in [-0.39, 0.29) is 18.5 Å². The summed E-state index contributed by atoms with van der Waals surface area (Å²) < 4.78 is 1.46. The Kier molecular flexibility index (Phi) is 5.89. The van der Waals surface area contributed by atoms with Crippen molar-refractivity contribution in [3.8, 4) is 0 Å². The lowest BCUT2D eigenvalue weighted by Gasteiger charge is -2.22. The summed E-state index contributed by atoms with van der Waals surface area (Å²) in [5.41, 5.74) is 1.27. The standard InChI is InChI=1S/C20H21N3O4S/c1-13-14(2)28-20-21-11-16(19(27)23(13)20)18(26)22(10-6-9-17(24)25)12-15-7-4-3-5-8-15/h3-5,7-8,11H,6,9-10,12H2,1-2H3,(H,24,25). The third-order valence-electron chi connectivity index (χ3n) is 4.57. The Bertz CT molecular complexity index is 1070. The number of thiazole rings is 1. The molecule has 2 heterocycles. The zero-order chi connectivity index (χ0) is 20.3. The van der Waals surface area contributed by atoms with Crippen molar-refractivity contribution in [2.75, 3.05) is 6.54 Å². The molecule has 2 aromatic heterocycles. The minimum absolute atomic E-state index is 0.00958. The second-order valence-corrected chi connectivity index (χ2v) is 7.73. The number of hydrogen-bond acceptors (Lipinski definition) is 5. The highest BCUT2D eigenvalue weighted by Gasteiger charge is 2.22. The number of aromatic nitrogens is 2. The van der Waals surface area contributed by atoms with Crippen LogP contribution in [0.5, 0.6) is 0 Å². The van der Waals surface area contributed by atoms with Crippen molar-refractivity contribution < 1.29 is 14.7 Å². The van der Waals surface area contributed by atoms with E-state index in [2.05, 4.69) is 4.98 Å². The van der Waals surface area contributed by atoms with Gasteiger partial charge in [0.15, 0.2) is 4.96 Å². The molecule has 0 saturated heterocycles. The maximum atomic E-state index is 13.1. The predicted octanol–water partition coefficient (Wildman–Crippen LogP) is 2.88. The number of hydrogen-bond donors (Lipinski definition) is 1. The third-order valence-corrected chi connectivity index (χ3v) is 5.64. The van der Waals surface area contributed by atoms with Gasteiger partial charge in [-0.2, -0.15) is 0 Å². The third kappa shape index (κ3) is 4.12. The first kappa shape index (κ1) is 19.8. The molecule has 0 aliphatic rings. The van der Waals surface area contributed by atoms with E-state index in [1.807, 2.05) is 44.2 Å². The van der Waals surface area contributed by atoms with E-state index in [0.29, 0.717) is 17.9 Å². The fourth-order valence-corrected chi connectivity index (χ4v) is 3.90. The predicted molar refractivity (Wildman–Crippen MR) is 107 cm³/mol. The lowest BCUT2D eigenvalue weighted by molar-refractivity contribution is -0.137. The van der Waals surface area contributed by atoms with Crippen molar-refractivity contribution in [1.82, 2.24) is 14.3 Å². The van der Waals surface area contributed by atoms with Gasteiger partial charge in [0.1, 0.15) is 5.56 Å². The van der Waals surface area contributed by atoms with Crippen LogP contribution in [0.25, 0.3) is 4.96 Å². The van der Waals surface area contributed by atoms with Crippen LogP contribution in [0.2, 0.25) is 0 Å². The second-order valence-electron chi connectivity index (χ2n) is 6.55. The zero-order valence-electron chi connectivity index (χ0n) is 15.7. The first-order chi connectivity index (χ1) is 13.4. The normalized spacial score (nSPS) is 10.9. The second kappa shape index (κ2) is 8.35. The summed E-state index contributed by atoms with van der Waals surface area (Å²) in [4.78, 5) is 44.2. The molecular weight excluding hydrogens is 378 g/mol. The van der Waals surface area contributed by atoms with E-state index in [1.54, 1.807) is 0 Å². The topological polar surface area (TPSA) is 92.0 Å². The van der Waals surface area contributed by atoms with Gasteiger partial charge >= 0.3 is 5.97 Å². The number of carbonyl (C=O) groups is 2. The summed E-state index contributed by atoms with van der Waals surface area (Å²) >= 11 is 1.40. The van der Waals surface area contributed by atoms with Gasteiger partial charge in [-0.3, -0.25) is 18.8 Å². The minimum Gasteiger partial charge on any atom is -0.481 e. The molecule has 3 aromatic rings. The molecule has 0 aliphatic carbocycles. The van der Waals surface area contributed by atoms with Crippen molar-refractivity contribution in [1.29, 1.82) is 0 Å². The van der Waals surface area contributed by atoms with Crippen LogP contribution >= 0.6 is 11.3 Å². The number of aryl methyl sites for hydroxylation is 2. The van der Waals surface area contributed by atoms with E-state index in [0.717, 1.165) is 16.1 Å². The average Bonchev–Trinajstić information content (AvgIpc) is 2.96. The van der Waals surface area contributed by atoms with Crippen molar-refractivity contribution >= 4 is 28.2 Å². The van der Waals surface area contributed by atoms with Crippen molar-refractivity contribution in [3.63, 3.8) is 0 Å². The number of carboxylic acids is 1. The van der Waals surface area contributed by atoms with Gasteiger partial charge in [0, 0.05) is 36.3 Å². The molecule has 7 nitrogen and oxygen atoms in total. The van der Waals surface area contributed by atoms with Crippen LogP contribution in [-0.2, 0) is 11.3 Å². The summed E-state index contributed by atoms with van der Waals surface area (Å²) in [5, 5.41) is 8.90. The molecule has 8 heteroatoms.